The first kappa shape index (κ1) is 15.7. The molecular weight excluding hydrogens is 271 g/mol. The number of hydrogen-bond donors (Lipinski definition) is 2. The molecule has 0 spiro atoms. The van der Waals surface area contributed by atoms with E-state index in [1.165, 1.54) is 12.1 Å². The van der Waals surface area contributed by atoms with Crippen molar-refractivity contribution in [2.45, 2.75) is 13.0 Å². The van der Waals surface area contributed by atoms with Crippen LogP contribution in [0.5, 0.6) is 5.75 Å². The average Bonchev–Trinajstić information content (AvgIpc) is 2.27. The molecular formula is C13H18ClFN2O2. The van der Waals surface area contributed by atoms with Gasteiger partial charge in [-0.05, 0) is 31.2 Å². The Bertz CT molecular complexity index is 410. The van der Waals surface area contributed by atoms with Gasteiger partial charge >= 0.3 is 0 Å². The second-order valence-corrected chi connectivity index (χ2v) is 4.48. The Morgan fingerprint density at radius 3 is 2.63 bits per heavy atom. The van der Waals surface area contributed by atoms with Gasteiger partial charge in [-0.1, -0.05) is 0 Å². The van der Waals surface area contributed by atoms with Crippen molar-refractivity contribution in [3.8, 4) is 5.75 Å². The number of benzene rings is 1. The molecule has 1 saturated heterocycles. The minimum atomic E-state index is -0.291. The van der Waals surface area contributed by atoms with Crippen LogP contribution in [0.25, 0.3) is 0 Å². The smallest absolute Gasteiger partial charge is 0.225 e. The first-order valence-electron chi connectivity index (χ1n) is 6.06. The number of amides is 1. The maximum atomic E-state index is 12.7. The van der Waals surface area contributed by atoms with Gasteiger partial charge in [-0.25, -0.2) is 4.39 Å². The van der Waals surface area contributed by atoms with Gasteiger partial charge < -0.3 is 15.4 Å². The SMILES string of the molecule is CC(CNC(=O)C1CNC1)Oc1ccc(F)cc1.Cl. The van der Waals surface area contributed by atoms with Crippen molar-refractivity contribution in [3.05, 3.63) is 30.1 Å². The third kappa shape index (κ3) is 4.69. The molecule has 0 saturated carbocycles. The summed E-state index contributed by atoms with van der Waals surface area (Å²) < 4.78 is 18.2. The van der Waals surface area contributed by atoms with Crippen molar-refractivity contribution in [2.24, 2.45) is 5.92 Å². The van der Waals surface area contributed by atoms with Crippen LogP contribution < -0.4 is 15.4 Å². The molecule has 1 amide bonds. The number of carbonyl (C=O) groups excluding carboxylic acids is 1. The van der Waals surface area contributed by atoms with E-state index in [0.29, 0.717) is 12.3 Å². The lowest BCUT2D eigenvalue weighted by molar-refractivity contribution is -0.126. The molecule has 1 atom stereocenters. The number of ether oxygens (including phenoxy) is 1. The molecule has 1 unspecified atom stereocenters. The molecule has 0 aliphatic carbocycles. The molecule has 1 fully saturated rings. The van der Waals surface area contributed by atoms with E-state index in [9.17, 15) is 9.18 Å². The van der Waals surface area contributed by atoms with E-state index >= 15 is 0 Å². The van der Waals surface area contributed by atoms with Gasteiger partial charge in [0.2, 0.25) is 5.91 Å². The first-order chi connectivity index (χ1) is 8.65. The van der Waals surface area contributed by atoms with Crippen LogP contribution in [0, 0.1) is 11.7 Å². The summed E-state index contributed by atoms with van der Waals surface area (Å²) in [5, 5.41) is 5.89. The molecule has 1 aliphatic rings. The largest absolute Gasteiger partial charge is 0.489 e. The van der Waals surface area contributed by atoms with E-state index in [1.54, 1.807) is 12.1 Å². The van der Waals surface area contributed by atoms with Crippen LogP contribution >= 0.6 is 12.4 Å². The van der Waals surface area contributed by atoms with Gasteiger partial charge in [0.15, 0.2) is 0 Å². The summed E-state index contributed by atoms with van der Waals surface area (Å²) in [5.41, 5.74) is 0. The molecule has 2 N–H and O–H groups in total. The number of rotatable bonds is 5. The molecule has 1 aromatic rings. The Balaban J connectivity index is 0.00000180. The van der Waals surface area contributed by atoms with Gasteiger partial charge in [-0.2, -0.15) is 0 Å². The normalized spacial score (nSPS) is 15.9. The van der Waals surface area contributed by atoms with Gasteiger partial charge in [-0.15, -0.1) is 12.4 Å². The zero-order valence-electron chi connectivity index (χ0n) is 10.7. The molecule has 6 heteroatoms. The third-order valence-electron chi connectivity index (χ3n) is 2.87. The number of halogens is 2. The van der Waals surface area contributed by atoms with E-state index < -0.39 is 0 Å². The topological polar surface area (TPSA) is 50.4 Å². The Morgan fingerprint density at radius 1 is 1.47 bits per heavy atom. The van der Waals surface area contributed by atoms with Gasteiger partial charge in [0.05, 0.1) is 12.5 Å². The van der Waals surface area contributed by atoms with Crippen LogP contribution in [-0.4, -0.2) is 31.6 Å². The number of hydrogen-bond acceptors (Lipinski definition) is 3. The zero-order valence-corrected chi connectivity index (χ0v) is 11.5. The molecule has 4 nitrogen and oxygen atoms in total. The minimum Gasteiger partial charge on any atom is -0.489 e. The summed E-state index contributed by atoms with van der Waals surface area (Å²) in [4.78, 5) is 11.6. The standard InChI is InChI=1S/C13H17FN2O2.ClH/c1-9(6-16-13(17)10-7-15-8-10)18-12-4-2-11(14)3-5-12;/h2-5,9-10,15H,6-8H2,1H3,(H,16,17);1H. The van der Waals surface area contributed by atoms with Crippen molar-refractivity contribution in [2.75, 3.05) is 19.6 Å². The molecule has 0 aromatic heterocycles. The summed E-state index contributed by atoms with van der Waals surface area (Å²) in [6, 6.07) is 5.84. The van der Waals surface area contributed by atoms with Crippen molar-refractivity contribution >= 4 is 18.3 Å². The molecule has 1 aliphatic heterocycles. The summed E-state index contributed by atoms with van der Waals surface area (Å²) >= 11 is 0. The highest BCUT2D eigenvalue weighted by Crippen LogP contribution is 2.12. The van der Waals surface area contributed by atoms with Crippen molar-refractivity contribution in [1.82, 2.24) is 10.6 Å². The van der Waals surface area contributed by atoms with Crippen LogP contribution in [0.15, 0.2) is 24.3 Å². The van der Waals surface area contributed by atoms with Crippen LogP contribution in [0.2, 0.25) is 0 Å². The van der Waals surface area contributed by atoms with E-state index in [-0.39, 0.29) is 36.2 Å². The number of carbonyl (C=O) groups is 1. The van der Waals surface area contributed by atoms with Crippen molar-refractivity contribution in [3.63, 3.8) is 0 Å². The van der Waals surface area contributed by atoms with Gasteiger partial charge in [0, 0.05) is 13.1 Å². The average molecular weight is 289 g/mol. The molecule has 106 valence electrons. The minimum absolute atomic E-state index is 0. The summed E-state index contributed by atoms with van der Waals surface area (Å²) in [7, 11) is 0. The second kappa shape index (κ2) is 7.31. The number of nitrogens with one attached hydrogen (secondary N) is 2. The summed E-state index contributed by atoms with van der Waals surface area (Å²) in [5.74, 6) is 0.454. The quantitative estimate of drug-likeness (QED) is 0.860. The fourth-order valence-electron chi connectivity index (χ4n) is 1.65. The lowest BCUT2D eigenvalue weighted by atomic mass is 10.0. The molecule has 2 rings (SSSR count). The summed E-state index contributed by atoms with van der Waals surface area (Å²) in [6.45, 7) is 3.81. The van der Waals surface area contributed by atoms with Gasteiger partial charge in [0.25, 0.3) is 0 Å². The van der Waals surface area contributed by atoms with Crippen LogP contribution in [0.3, 0.4) is 0 Å². The fourth-order valence-corrected chi connectivity index (χ4v) is 1.65. The molecule has 1 aromatic carbocycles. The van der Waals surface area contributed by atoms with Gasteiger partial charge in [0.1, 0.15) is 17.7 Å². The zero-order chi connectivity index (χ0) is 13.0. The lowest BCUT2D eigenvalue weighted by Crippen LogP contribution is -2.51. The van der Waals surface area contributed by atoms with E-state index in [1.807, 2.05) is 6.92 Å². The van der Waals surface area contributed by atoms with Gasteiger partial charge in [-0.3, -0.25) is 4.79 Å². The van der Waals surface area contributed by atoms with Crippen molar-refractivity contribution < 1.29 is 13.9 Å². The molecule has 0 bridgehead atoms. The maximum absolute atomic E-state index is 12.7. The highest BCUT2D eigenvalue weighted by Gasteiger charge is 2.24. The van der Waals surface area contributed by atoms with E-state index in [2.05, 4.69) is 10.6 Å². The van der Waals surface area contributed by atoms with Crippen LogP contribution in [-0.2, 0) is 4.79 Å². The fraction of sp³-hybridized carbons (Fsp3) is 0.462. The van der Waals surface area contributed by atoms with E-state index in [4.69, 9.17) is 4.74 Å². The third-order valence-corrected chi connectivity index (χ3v) is 2.87. The maximum Gasteiger partial charge on any atom is 0.225 e. The predicted octanol–water partition coefficient (Wildman–Crippen LogP) is 1.35. The van der Waals surface area contributed by atoms with E-state index in [0.717, 1.165) is 13.1 Å². The van der Waals surface area contributed by atoms with Crippen molar-refractivity contribution in [1.29, 1.82) is 0 Å². The van der Waals surface area contributed by atoms with Crippen LogP contribution in [0.4, 0.5) is 4.39 Å². The highest BCUT2D eigenvalue weighted by molar-refractivity contribution is 5.85. The molecule has 19 heavy (non-hydrogen) atoms. The monoisotopic (exact) mass is 288 g/mol. The van der Waals surface area contributed by atoms with Crippen LogP contribution in [0.1, 0.15) is 6.92 Å². The Labute approximate surface area is 118 Å². The summed E-state index contributed by atoms with van der Waals surface area (Å²) in [6.07, 6.45) is -0.146. The lowest BCUT2D eigenvalue weighted by Gasteiger charge is -2.26. The highest BCUT2D eigenvalue weighted by atomic mass is 35.5. The molecule has 1 heterocycles. The second-order valence-electron chi connectivity index (χ2n) is 4.48. The Hall–Kier alpha value is -1.33. The Morgan fingerprint density at radius 2 is 2.11 bits per heavy atom. The first-order valence-corrected chi connectivity index (χ1v) is 6.06. The molecule has 0 radical (unpaired) electrons. The Kier molecular flexibility index (Phi) is 6.05. The predicted molar refractivity (Wildman–Crippen MR) is 73.1 cm³/mol.